The van der Waals surface area contributed by atoms with Gasteiger partial charge in [0.25, 0.3) is 5.91 Å². The van der Waals surface area contributed by atoms with E-state index in [0.717, 1.165) is 5.56 Å². The predicted molar refractivity (Wildman–Crippen MR) is 108 cm³/mol. The second-order valence-corrected chi connectivity index (χ2v) is 6.76. The Morgan fingerprint density at radius 2 is 2.03 bits per heavy atom. The second kappa shape index (κ2) is 8.90. The third-order valence-electron chi connectivity index (χ3n) is 4.76. The van der Waals surface area contributed by atoms with Gasteiger partial charge >= 0.3 is 0 Å². The Kier molecular flexibility index (Phi) is 5.87. The molecule has 0 fully saturated rings. The van der Waals surface area contributed by atoms with Crippen LogP contribution in [0, 0.1) is 5.82 Å². The van der Waals surface area contributed by atoms with Gasteiger partial charge in [-0.1, -0.05) is 17.3 Å². The number of benzene rings is 2. The minimum Gasteiger partial charge on any atom is -0.493 e. The summed E-state index contributed by atoms with van der Waals surface area (Å²) >= 11 is 0. The molecule has 9 nitrogen and oxygen atoms in total. The molecule has 1 atom stereocenters. The molecule has 0 radical (unpaired) electrons. The van der Waals surface area contributed by atoms with E-state index in [2.05, 4.69) is 15.7 Å². The lowest BCUT2D eigenvalue weighted by molar-refractivity contribution is -0.114. The summed E-state index contributed by atoms with van der Waals surface area (Å²) in [6, 6.07) is 7.50. The van der Waals surface area contributed by atoms with Crippen LogP contribution in [0.1, 0.15) is 17.5 Å². The Labute approximate surface area is 177 Å². The van der Waals surface area contributed by atoms with Crippen LogP contribution >= 0.6 is 0 Å². The molecule has 0 spiro atoms. The van der Waals surface area contributed by atoms with Gasteiger partial charge in [-0.15, -0.1) is 0 Å². The normalized spacial score (nSPS) is 16.7. The predicted octanol–water partition coefficient (Wildman–Crippen LogP) is 2.41. The fourth-order valence-electron chi connectivity index (χ4n) is 3.29. The topological polar surface area (TPSA) is 100.0 Å². The Balaban J connectivity index is 1.38. The first-order chi connectivity index (χ1) is 15.1. The van der Waals surface area contributed by atoms with E-state index in [1.54, 1.807) is 18.2 Å². The fraction of sp³-hybridized carbons (Fsp3) is 0.286. The highest BCUT2D eigenvalue weighted by Gasteiger charge is 2.31. The van der Waals surface area contributed by atoms with Crippen LogP contribution in [-0.4, -0.2) is 44.9 Å². The van der Waals surface area contributed by atoms with Gasteiger partial charge in [0.2, 0.25) is 18.3 Å². The molecule has 31 heavy (non-hydrogen) atoms. The number of nitrogens with zero attached hydrogens (tertiary/aromatic N) is 2. The zero-order valence-electron chi connectivity index (χ0n) is 16.9. The number of oxime groups is 1. The summed E-state index contributed by atoms with van der Waals surface area (Å²) in [5.41, 5.74) is 4.03. The third kappa shape index (κ3) is 4.37. The second-order valence-electron chi connectivity index (χ2n) is 6.76. The van der Waals surface area contributed by atoms with Crippen LogP contribution in [-0.2, 0) is 16.1 Å². The van der Waals surface area contributed by atoms with Crippen molar-refractivity contribution < 1.29 is 33.0 Å². The SMILES string of the molecule is COc1cc(CC2CC(C(=O)NN=Cc3ccc(F)cc3)=NO2)c(OC)c2c1OCO2. The Morgan fingerprint density at radius 3 is 2.77 bits per heavy atom. The molecule has 2 aliphatic rings. The van der Waals surface area contributed by atoms with Gasteiger partial charge in [0.1, 0.15) is 17.6 Å². The number of hydrogen-bond donors (Lipinski definition) is 1. The number of hydrogen-bond acceptors (Lipinski definition) is 8. The van der Waals surface area contributed by atoms with E-state index in [0.29, 0.717) is 35.0 Å². The zero-order chi connectivity index (χ0) is 21.8. The summed E-state index contributed by atoms with van der Waals surface area (Å²) < 4.78 is 34.8. The van der Waals surface area contributed by atoms with Crippen LogP contribution in [0.5, 0.6) is 23.0 Å². The monoisotopic (exact) mass is 429 g/mol. The van der Waals surface area contributed by atoms with E-state index in [-0.39, 0.29) is 30.8 Å². The van der Waals surface area contributed by atoms with Gasteiger partial charge in [-0.05, 0) is 23.8 Å². The average Bonchev–Trinajstić information content (AvgIpc) is 3.44. The molecule has 0 saturated heterocycles. The summed E-state index contributed by atoms with van der Waals surface area (Å²) in [7, 11) is 3.08. The van der Waals surface area contributed by atoms with Crippen molar-refractivity contribution in [2.75, 3.05) is 21.0 Å². The van der Waals surface area contributed by atoms with Crippen molar-refractivity contribution in [3.63, 3.8) is 0 Å². The number of halogens is 1. The van der Waals surface area contributed by atoms with Gasteiger partial charge in [0, 0.05) is 18.4 Å². The van der Waals surface area contributed by atoms with Gasteiger partial charge in [-0.25, -0.2) is 9.82 Å². The highest BCUT2D eigenvalue weighted by atomic mass is 19.1. The van der Waals surface area contributed by atoms with Gasteiger partial charge in [0.05, 0.1) is 20.4 Å². The lowest BCUT2D eigenvalue weighted by Crippen LogP contribution is -2.27. The van der Waals surface area contributed by atoms with Gasteiger partial charge in [-0.2, -0.15) is 5.10 Å². The Bertz CT molecular complexity index is 1040. The first kappa shape index (κ1) is 20.5. The largest absolute Gasteiger partial charge is 0.493 e. The summed E-state index contributed by atoms with van der Waals surface area (Å²) in [6.45, 7) is 0.0807. The first-order valence-electron chi connectivity index (χ1n) is 9.44. The molecule has 1 N–H and O–H groups in total. The lowest BCUT2D eigenvalue weighted by atomic mass is 10.0. The van der Waals surface area contributed by atoms with Crippen LogP contribution in [0.4, 0.5) is 4.39 Å². The number of fused-ring (bicyclic) bond motifs is 1. The summed E-state index contributed by atoms with van der Waals surface area (Å²) in [6.07, 6.45) is 1.74. The van der Waals surface area contributed by atoms with Crippen molar-refractivity contribution in [2.45, 2.75) is 18.9 Å². The van der Waals surface area contributed by atoms with Crippen LogP contribution in [0.25, 0.3) is 0 Å². The van der Waals surface area contributed by atoms with Crippen molar-refractivity contribution >= 4 is 17.8 Å². The molecule has 10 heteroatoms. The summed E-state index contributed by atoms with van der Waals surface area (Å²) in [5, 5.41) is 7.74. The van der Waals surface area contributed by atoms with E-state index in [1.165, 1.54) is 32.6 Å². The third-order valence-corrected chi connectivity index (χ3v) is 4.76. The molecule has 4 rings (SSSR count). The Morgan fingerprint density at radius 1 is 1.26 bits per heavy atom. The fourth-order valence-corrected chi connectivity index (χ4v) is 3.29. The quantitative estimate of drug-likeness (QED) is 0.536. The molecule has 1 unspecified atom stereocenters. The number of carbonyl (C=O) groups is 1. The van der Waals surface area contributed by atoms with Crippen LogP contribution in [0.15, 0.2) is 40.6 Å². The van der Waals surface area contributed by atoms with E-state index in [4.69, 9.17) is 23.8 Å². The van der Waals surface area contributed by atoms with Gasteiger partial charge in [-0.3, -0.25) is 4.79 Å². The molecule has 162 valence electrons. The van der Waals surface area contributed by atoms with Crippen molar-refractivity contribution in [1.82, 2.24) is 5.43 Å². The number of ether oxygens (including phenoxy) is 4. The first-order valence-corrected chi connectivity index (χ1v) is 9.44. The maximum atomic E-state index is 12.9. The zero-order valence-corrected chi connectivity index (χ0v) is 16.9. The number of nitrogens with one attached hydrogen (secondary N) is 1. The molecule has 1 amide bonds. The summed E-state index contributed by atoms with van der Waals surface area (Å²) in [4.78, 5) is 17.7. The van der Waals surface area contributed by atoms with E-state index in [9.17, 15) is 9.18 Å². The lowest BCUT2D eigenvalue weighted by Gasteiger charge is -2.15. The molecule has 2 heterocycles. The minimum absolute atomic E-state index is 0.0807. The summed E-state index contributed by atoms with van der Waals surface area (Å²) in [5.74, 6) is 1.20. The number of carbonyl (C=O) groups excluding carboxylic acids is 1. The standard InChI is InChI=1S/C21H20FN3O6/c1-27-17-8-13(18(28-2)20-19(17)29-11-30-20)7-15-9-16(25-31-15)21(26)24-23-10-12-3-5-14(22)6-4-12/h3-6,8,10,15H,7,9,11H2,1-2H3,(H,24,26). The number of hydrazone groups is 1. The molecular weight excluding hydrogens is 409 g/mol. The minimum atomic E-state index is -0.476. The highest BCUT2D eigenvalue weighted by molar-refractivity contribution is 6.39. The van der Waals surface area contributed by atoms with E-state index < -0.39 is 5.91 Å². The van der Waals surface area contributed by atoms with E-state index >= 15 is 0 Å². The molecule has 0 aromatic heterocycles. The van der Waals surface area contributed by atoms with Crippen molar-refractivity contribution in [2.24, 2.45) is 10.3 Å². The average molecular weight is 429 g/mol. The molecule has 2 aromatic rings. The van der Waals surface area contributed by atoms with Crippen LogP contribution in [0.3, 0.4) is 0 Å². The molecule has 2 aromatic carbocycles. The van der Waals surface area contributed by atoms with Crippen LogP contribution in [0.2, 0.25) is 0 Å². The smallest absolute Gasteiger partial charge is 0.289 e. The van der Waals surface area contributed by atoms with E-state index in [1.807, 2.05) is 0 Å². The maximum Gasteiger partial charge on any atom is 0.289 e. The van der Waals surface area contributed by atoms with Crippen molar-refractivity contribution in [1.29, 1.82) is 0 Å². The molecule has 0 aliphatic carbocycles. The molecule has 0 bridgehead atoms. The molecule has 2 aliphatic heterocycles. The van der Waals surface area contributed by atoms with Gasteiger partial charge < -0.3 is 23.8 Å². The van der Waals surface area contributed by atoms with Crippen molar-refractivity contribution in [3.8, 4) is 23.0 Å². The molecular formula is C21H20FN3O6. The number of methoxy groups -OCH3 is 2. The molecule has 0 saturated carbocycles. The highest BCUT2D eigenvalue weighted by Crippen LogP contribution is 2.49. The van der Waals surface area contributed by atoms with Crippen LogP contribution < -0.4 is 24.4 Å². The maximum absolute atomic E-state index is 12.9. The number of amides is 1. The number of rotatable bonds is 7. The van der Waals surface area contributed by atoms with Gasteiger partial charge in [0.15, 0.2) is 11.5 Å². The van der Waals surface area contributed by atoms with Crippen molar-refractivity contribution in [3.05, 3.63) is 47.3 Å². The Hall–Kier alpha value is -3.82.